The van der Waals surface area contributed by atoms with Gasteiger partial charge < -0.3 is 15.6 Å². The fourth-order valence-corrected chi connectivity index (χ4v) is 0.711. The third-order valence-corrected chi connectivity index (χ3v) is 1.82. The van der Waals surface area contributed by atoms with Gasteiger partial charge in [-0.15, -0.1) is 0 Å². The van der Waals surface area contributed by atoms with Crippen LogP contribution in [0.4, 0.5) is 0 Å². The van der Waals surface area contributed by atoms with E-state index in [2.05, 4.69) is 0 Å². The number of hydrogen-bond acceptors (Lipinski definition) is 3. The van der Waals surface area contributed by atoms with Crippen molar-refractivity contribution in [1.82, 2.24) is 0 Å². The van der Waals surface area contributed by atoms with Gasteiger partial charge in [0, 0.05) is 13.7 Å². The fraction of sp³-hybridized carbons (Fsp3) is 1.00. The predicted octanol–water partition coefficient (Wildman–Crippen LogP) is -0.0214. The molecule has 0 saturated carbocycles. The fourth-order valence-electron chi connectivity index (χ4n) is 0.711. The SMILES string of the molecule is COCC(O)(CN)C(C)C. The lowest BCUT2D eigenvalue weighted by Gasteiger charge is -2.29. The van der Waals surface area contributed by atoms with Gasteiger partial charge in [-0.3, -0.25) is 0 Å². The highest BCUT2D eigenvalue weighted by Gasteiger charge is 2.28. The second kappa shape index (κ2) is 3.91. The summed E-state index contributed by atoms with van der Waals surface area (Å²) in [5, 5.41) is 9.65. The van der Waals surface area contributed by atoms with Gasteiger partial charge in [0.15, 0.2) is 0 Å². The summed E-state index contributed by atoms with van der Waals surface area (Å²) in [4.78, 5) is 0. The summed E-state index contributed by atoms with van der Waals surface area (Å²) in [6, 6.07) is 0. The number of rotatable bonds is 4. The van der Waals surface area contributed by atoms with Crippen LogP contribution in [0.2, 0.25) is 0 Å². The van der Waals surface area contributed by atoms with Crippen LogP contribution in [0.25, 0.3) is 0 Å². The van der Waals surface area contributed by atoms with Gasteiger partial charge in [-0.05, 0) is 5.92 Å². The Labute approximate surface area is 62.2 Å². The van der Waals surface area contributed by atoms with Crippen LogP contribution >= 0.6 is 0 Å². The second-order valence-corrected chi connectivity index (χ2v) is 2.90. The molecule has 3 nitrogen and oxygen atoms in total. The zero-order valence-corrected chi connectivity index (χ0v) is 6.92. The molecule has 0 aromatic rings. The van der Waals surface area contributed by atoms with Crippen molar-refractivity contribution in [2.75, 3.05) is 20.3 Å². The van der Waals surface area contributed by atoms with Crippen LogP contribution in [0, 0.1) is 5.92 Å². The summed E-state index contributed by atoms with van der Waals surface area (Å²) in [6.07, 6.45) is 0. The van der Waals surface area contributed by atoms with Crippen molar-refractivity contribution in [3.63, 3.8) is 0 Å². The van der Waals surface area contributed by atoms with Gasteiger partial charge in [0.25, 0.3) is 0 Å². The van der Waals surface area contributed by atoms with Crippen molar-refractivity contribution in [2.24, 2.45) is 11.7 Å². The second-order valence-electron chi connectivity index (χ2n) is 2.90. The molecule has 3 heteroatoms. The standard InChI is InChI=1S/C7H17NO2/c1-6(2)7(9,4-8)5-10-3/h6,9H,4-5,8H2,1-3H3. The molecule has 0 aromatic heterocycles. The van der Waals surface area contributed by atoms with E-state index in [1.54, 1.807) is 7.11 Å². The van der Waals surface area contributed by atoms with Crippen molar-refractivity contribution in [1.29, 1.82) is 0 Å². The highest BCUT2D eigenvalue weighted by Crippen LogP contribution is 2.14. The first-order valence-corrected chi connectivity index (χ1v) is 3.48. The van der Waals surface area contributed by atoms with Gasteiger partial charge in [0.05, 0.1) is 6.61 Å². The van der Waals surface area contributed by atoms with Crippen LogP contribution in [-0.4, -0.2) is 31.0 Å². The summed E-state index contributed by atoms with van der Waals surface area (Å²) in [7, 11) is 1.56. The number of ether oxygens (including phenoxy) is 1. The zero-order chi connectivity index (χ0) is 8.20. The number of hydrogen-bond donors (Lipinski definition) is 2. The molecule has 3 N–H and O–H groups in total. The average molecular weight is 147 g/mol. The van der Waals surface area contributed by atoms with Crippen LogP contribution in [0.1, 0.15) is 13.8 Å². The van der Waals surface area contributed by atoms with Gasteiger partial charge in [0.2, 0.25) is 0 Å². The van der Waals surface area contributed by atoms with E-state index in [1.807, 2.05) is 13.8 Å². The van der Waals surface area contributed by atoms with Crippen molar-refractivity contribution < 1.29 is 9.84 Å². The maximum absolute atomic E-state index is 9.65. The van der Waals surface area contributed by atoms with Crippen LogP contribution in [0.3, 0.4) is 0 Å². The molecule has 0 amide bonds. The molecule has 0 spiro atoms. The molecule has 0 radical (unpaired) electrons. The first kappa shape index (κ1) is 9.88. The Morgan fingerprint density at radius 2 is 2.10 bits per heavy atom. The summed E-state index contributed by atoms with van der Waals surface area (Å²) in [5.74, 6) is 0.137. The van der Waals surface area contributed by atoms with Crippen molar-refractivity contribution >= 4 is 0 Å². The Balaban J connectivity index is 3.94. The third-order valence-electron chi connectivity index (χ3n) is 1.82. The molecule has 0 bridgehead atoms. The molecule has 0 aromatic carbocycles. The van der Waals surface area contributed by atoms with Crippen molar-refractivity contribution in [3.05, 3.63) is 0 Å². The van der Waals surface area contributed by atoms with Crippen molar-refractivity contribution in [2.45, 2.75) is 19.4 Å². The third kappa shape index (κ3) is 2.25. The Kier molecular flexibility index (Phi) is 3.86. The molecule has 62 valence electrons. The molecule has 0 aliphatic heterocycles. The van der Waals surface area contributed by atoms with Crippen molar-refractivity contribution in [3.8, 4) is 0 Å². The molecular weight excluding hydrogens is 130 g/mol. The smallest absolute Gasteiger partial charge is 0.102 e. The molecule has 0 rings (SSSR count). The molecule has 0 aliphatic rings. The maximum atomic E-state index is 9.65. The van der Waals surface area contributed by atoms with E-state index in [1.165, 1.54) is 0 Å². The highest BCUT2D eigenvalue weighted by atomic mass is 16.5. The topological polar surface area (TPSA) is 55.5 Å². The number of methoxy groups -OCH3 is 1. The van der Waals surface area contributed by atoms with Crippen LogP contribution in [0.5, 0.6) is 0 Å². The maximum Gasteiger partial charge on any atom is 0.102 e. The molecule has 0 fully saturated rings. The lowest BCUT2D eigenvalue weighted by atomic mass is 9.91. The largest absolute Gasteiger partial charge is 0.386 e. The van der Waals surface area contributed by atoms with Gasteiger partial charge in [-0.2, -0.15) is 0 Å². The molecule has 0 heterocycles. The Hall–Kier alpha value is -0.120. The summed E-state index contributed by atoms with van der Waals surface area (Å²) in [5.41, 5.74) is 4.51. The van der Waals surface area contributed by atoms with Gasteiger partial charge in [-0.1, -0.05) is 13.8 Å². The summed E-state index contributed by atoms with van der Waals surface area (Å²) >= 11 is 0. The minimum absolute atomic E-state index is 0.137. The van der Waals surface area contributed by atoms with Crippen LogP contribution in [0.15, 0.2) is 0 Å². The number of aliphatic hydroxyl groups is 1. The monoisotopic (exact) mass is 147 g/mol. The molecular formula is C7H17NO2. The van der Waals surface area contributed by atoms with E-state index >= 15 is 0 Å². The van der Waals surface area contributed by atoms with Crippen LogP contribution < -0.4 is 5.73 Å². The Morgan fingerprint density at radius 3 is 2.20 bits per heavy atom. The average Bonchev–Trinajstić information content (AvgIpc) is 1.88. The van der Waals surface area contributed by atoms with Crippen LogP contribution in [-0.2, 0) is 4.74 Å². The van der Waals surface area contributed by atoms with E-state index in [9.17, 15) is 5.11 Å². The van der Waals surface area contributed by atoms with E-state index < -0.39 is 5.60 Å². The van der Waals surface area contributed by atoms with E-state index in [-0.39, 0.29) is 12.5 Å². The van der Waals surface area contributed by atoms with E-state index in [4.69, 9.17) is 10.5 Å². The lowest BCUT2D eigenvalue weighted by molar-refractivity contribution is -0.0568. The Bertz CT molecular complexity index is 95.6. The molecule has 1 atom stereocenters. The first-order valence-electron chi connectivity index (χ1n) is 3.48. The molecule has 0 aliphatic carbocycles. The molecule has 0 saturated heterocycles. The minimum atomic E-state index is -0.852. The minimum Gasteiger partial charge on any atom is -0.386 e. The molecule has 10 heavy (non-hydrogen) atoms. The normalized spacial score (nSPS) is 17.4. The van der Waals surface area contributed by atoms with E-state index in [0.717, 1.165) is 0 Å². The zero-order valence-electron chi connectivity index (χ0n) is 6.92. The summed E-state index contributed by atoms with van der Waals surface area (Å²) in [6.45, 7) is 4.40. The quantitative estimate of drug-likeness (QED) is 0.587. The summed E-state index contributed by atoms with van der Waals surface area (Å²) < 4.78 is 4.83. The Morgan fingerprint density at radius 1 is 1.60 bits per heavy atom. The van der Waals surface area contributed by atoms with E-state index in [0.29, 0.717) is 6.61 Å². The molecule has 1 unspecified atom stereocenters. The highest BCUT2D eigenvalue weighted by molar-refractivity contribution is 4.82. The first-order chi connectivity index (χ1) is 4.56. The van der Waals surface area contributed by atoms with Gasteiger partial charge in [0.1, 0.15) is 5.60 Å². The number of nitrogens with two attached hydrogens (primary N) is 1. The lowest BCUT2D eigenvalue weighted by Crippen LogP contribution is -2.46. The predicted molar refractivity (Wildman–Crippen MR) is 40.7 cm³/mol. The van der Waals surface area contributed by atoms with Gasteiger partial charge >= 0.3 is 0 Å². The van der Waals surface area contributed by atoms with Gasteiger partial charge in [-0.25, -0.2) is 0 Å².